The molecule has 2 N–H and O–H groups in total. The Morgan fingerprint density at radius 3 is 2.60 bits per heavy atom. The van der Waals surface area contributed by atoms with Crippen LogP contribution < -0.4 is 10.1 Å². The molecule has 6 heteroatoms. The predicted octanol–water partition coefficient (Wildman–Crippen LogP) is 6.21. The van der Waals surface area contributed by atoms with Crippen molar-refractivity contribution >= 4 is 29.1 Å². The Labute approximate surface area is 210 Å². The van der Waals surface area contributed by atoms with Crippen LogP contribution in [-0.4, -0.2) is 30.3 Å². The van der Waals surface area contributed by atoms with Crippen molar-refractivity contribution in [1.82, 2.24) is 5.32 Å². The molecule has 0 aliphatic carbocycles. The van der Waals surface area contributed by atoms with Gasteiger partial charge in [-0.2, -0.15) is 0 Å². The molecule has 180 valence electrons. The maximum absolute atomic E-state index is 14.4. The van der Waals surface area contributed by atoms with E-state index < -0.39 is 11.8 Å². The van der Waals surface area contributed by atoms with E-state index in [1.165, 1.54) is 28.5 Å². The zero-order chi connectivity index (χ0) is 23.5. The minimum atomic E-state index is -1.26. The van der Waals surface area contributed by atoms with Crippen molar-refractivity contribution in [3.8, 4) is 5.75 Å². The van der Waals surface area contributed by atoms with Crippen LogP contribution in [-0.2, 0) is 6.42 Å². The lowest BCUT2D eigenvalue weighted by atomic mass is 9.83. The first-order valence-electron chi connectivity index (χ1n) is 11.6. The Morgan fingerprint density at radius 2 is 1.77 bits per heavy atom. The Morgan fingerprint density at radius 1 is 1.00 bits per heavy atom. The summed E-state index contributed by atoms with van der Waals surface area (Å²) in [5.74, 6) is -1.24. The molecule has 4 nitrogen and oxygen atoms in total. The van der Waals surface area contributed by atoms with Crippen LogP contribution in [0.4, 0.5) is 4.39 Å². The number of carbonyl (C=O) groups is 1. The molecule has 0 radical (unpaired) electrons. The van der Waals surface area contributed by atoms with Gasteiger partial charge in [0.15, 0.2) is 0 Å². The normalized spacial score (nSPS) is 16.7. The molecule has 0 spiro atoms. The molecule has 2 unspecified atom stereocenters. The standard InChI is InChI=1S/C29H26FNO3.ClH/c30-27-16-21(12-13-25(27)29(32)33)26-17-22(34-28-11-4-3-10-24(26)28)18-31-15-14-20-8-5-7-19-6-1-2-9-23(19)20;/h1-13,16,22,26,31H,14-15,17-18H2,(H,32,33);1H. The zero-order valence-electron chi connectivity index (χ0n) is 19.1. The predicted molar refractivity (Wildman–Crippen MR) is 138 cm³/mol. The molecular formula is C29H27ClFNO3. The van der Waals surface area contributed by atoms with Crippen LogP contribution in [0.15, 0.2) is 84.9 Å². The first-order chi connectivity index (χ1) is 16.6. The number of para-hydroxylation sites is 1. The average Bonchev–Trinajstić information content (AvgIpc) is 2.86. The second kappa shape index (κ2) is 10.9. The van der Waals surface area contributed by atoms with Gasteiger partial charge in [-0.15, -0.1) is 12.4 Å². The highest BCUT2D eigenvalue weighted by Gasteiger charge is 2.29. The molecule has 4 aromatic carbocycles. The van der Waals surface area contributed by atoms with E-state index in [0.29, 0.717) is 13.0 Å². The van der Waals surface area contributed by atoms with Crippen molar-refractivity contribution in [2.24, 2.45) is 0 Å². The maximum Gasteiger partial charge on any atom is 0.338 e. The van der Waals surface area contributed by atoms with Crippen molar-refractivity contribution in [2.75, 3.05) is 13.1 Å². The molecule has 35 heavy (non-hydrogen) atoms. The quantitative estimate of drug-likeness (QED) is 0.301. The molecule has 0 bridgehead atoms. The van der Waals surface area contributed by atoms with Crippen molar-refractivity contribution in [2.45, 2.75) is 24.9 Å². The average molecular weight is 492 g/mol. The Balaban J connectivity index is 0.00000289. The van der Waals surface area contributed by atoms with E-state index >= 15 is 0 Å². The third-order valence-corrected chi connectivity index (χ3v) is 6.54. The number of nitrogens with one attached hydrogen (secondary N) is 1. The lowest BCUT2D eigenvalue weighted by Gasteiger charge is -2.33. The number of rotatable bonds is 7. The van der Waals surface area contributed by atoms with Gasteiger partial charge in [-0.3, -0.25) is 0 Å². The molecule has 0 amide bonds. The fourth-order valence-electron chi connectivity index (χ4n) is 4.85. The summed E-state index contributed by atoms with van der Waals surface area (Å²) in [6.07, 6.45) is 1.52. The molecule has 0 fully saturated rings. The number of aromatic carboxylic acids is 1. The molecule has 1 aliphatic rings. The van der Waals surface area contributed by atoms with Crippen molar-refractivity contribution in [3.63, 3.8) is 0 Å². The van der Waals surface area contributed by atoms with Crippen molar-refractivity contribution < 1.29 is 19.0 Å². The molecular weight excluding hydrogens is 465 g/mol. The second-order valence-electron chi connectivity index (χ2n) is 8.70. The molecule has 5 rings (SSSR count). The highest BCUT2D eigenvalue weighted by molar-refractivity contribution is 5.88. The zero-order valence-corrected chi connectivity index (χ0v) is 19.9. The molecule has 1 aliphatic heterocycles. The van der Waals surface area contributed by atoms with E-state index in [1.807, 2.05) is 24.3 Å². The Kier molecular flexibility index (Phi) is 7.69. The van der Waals surface area contributed by atoms with Crippen LogP contribution >= 0.6 is 12.4 Å². The molecule has 0 aromatic heterocycles. The highest BCUT2D eigenvalue weighted by Crippen LogP contribution is 2.40. The number of halogens is 2. The Hall–Kier alpha value is -3.41. The summed E-state index contributed by atoms with van der Waals surface area (Å²) in [7, 11) is 0. The van der Waals surface area contributed by atoms with Gasteiger partial charge in [-0.1, -0.05) is 66.7 Å². The van der Waals surface area contributed by atoms with Crippen LogP contribution in [0.5, 0.6) is 5.75 Å². The minimum absolute atomic E-state index is 0. The first kappa shape index (κ1) is 24.7. The fraction of sp³-hybridized carbons (Fsp3) is 0.207. The monoisotopic (exact) mass is 491 g/mol. The highest BCUT2D eigenvalue weighted by atomic mass is 35.5. The number of carboxylic acids is 1. The van der Waals surface area contributed by atoms with Gasteiger partial charge in [0.05, 0.1) is 5.56 Å². The fourth-order valence-corrected chi connectivity index (χ4v) is 4.85. The lowest BCUT2D eigenvalue weighted by molar-refractivity contribution is 0.0691. The van der Waals surface area contributed by atoms with Crippen LogP contribution in [0.3, 0.4) is 0 Å². The van der Waals surface area contributed by atoms with Gasteiger partial charge in [0.2, 0.25) is 0 Å². The molecule has 2 atom stereocenters. The van der Waals surface area contributed by atoms with Crippen LogP contribution in [0.25, 0.3) is 10.8 Å². The summed E-state index contributed by atoms with van der Waals surface area (Å²) in [5, 5.41) is 15.2. The maximum atomic E-state index is 14.4. The topological polar surface area (TPSA) is 58.6 Å². The number of ether oxygens (including phenoxy) is 1. The molecule has 1 heterocycles. The summed E-state index contributed by atoms with van der Waals surface area (Å²) in [6.45, 7) is 1.49. The van der Waals surface area contributed by atoms with E-state index in [0.717, 1.165) is 29.8 Å². The van der Waals surface area contributed by atoms with Crippen molar-refractivity contribution in [1.29, 1.82) is 0 Å². The van der Waals surface area contributed by atoms with Gasteiger partial charge in [0, 0.05) is 18.0 Å². The van der Waals surface area contributed by atoms with Gasteiger partial charge in [-0.05, 0) is 59.5 Å². The molecule has 0 saturated heterocycles. The summed E-state index contributed by atoms with van der Waals surface area (Å²) in [6, 6.07) is 27.0. The summed E-state index contributed by atoms with van der Waals surface area (Å²) < 4.78 is 20.7. The van der Waals surface area contributed by atoms with E-state index in [1.54, 1.807) is 6.07 Å². The van der Waals surface area contributed by atoms with E-state index in [9.17, 15) is 9.18 Å². The smallest absolute Gasteiger partial charge is 0.338 e. The number of fused-ring (bicyclic) bond motifs is 2. The number of hydrogen-bond acceptors (Lipinski definition) is 3. The van der Waals surface area contributed by atoms with Gasteiger partial charge >= 0.3 is 5.97 Å². The first-order valence-corrected chi connectivity index (χ1v) is 11.6. The van der Waals surface area contributed by atoms with E-state index in [2.05, 4.69) is 47.8 Å². The van der Waals surface area contributed by atoms with Crippen LogP contribution in [0.1, 0.15) is 39.4 Å². The second-order valence-corrected chi connectivity index (χ2v) is 8.70. The minimum Gasteiger partial charge on any atom is -0.489 e. The summed E-state index contributed by atoms with van der Waals surface area (Å²) in [5.41, 5.74) is 2.76. The van der Waals surface area contributed by atoms with Gasteiger partial charge in [-0.25, -0.2) is 9.18 Å². The third kappa shape index (κ3) is 5.31. The summed E-state index contributed by atoms with van der Waals surface area (Å²) in [4.78, 5) is 11.2. The van der Waals surface area contributed by atoms with Gasteiger partial charge < -0.3 is 15.2 Å². The lowest BCUT2D eigenvalue weighted by Crippen LogP contribution is -2.36. The third-order valence-electron chi connectivity index (χ3n) is 6.54. The van der Waals surface area contributed by atoms with Crippen LogP contribution in [0.2, 0.25) is 0 Å². The van der Waals surface area contributed by atoms with E-state index in [4.69, 9.17) is 9.84 Å². The van der Waals surface area contributed by atoms with Crippen molar-refractivity contribution in [3.05, 3.63) is 113 Å². The number of carboxylic acid groups (broad SMARTS) is 1. The van der Waals surface area contributed by atoms with E-state index in [-0.39, 0.29) is 30.0 Å². The number of benzene rings is 4. The van der Waals surface area contributed by atoms with Gasteiger partial charge in [0.1, 0.15) is 17.7 Å². The SMILES string of the molecule is Cl.O=C(O)c1ccc(C2CC(CNCCc3cccc4ccccc34)Oc3ccccc32)cc1F. The molecule has 4 aromatic rings. The largest absolute Gasteiger partial charge is 0.489 e. The molecule has 0 saturated carbocycles. The summed E-state index contributed by atoms with van der Waals surface area (Å²) >= 11 is 0. The Bertz CT molecular complexity index is 1340. The van der Waals surface area contributed by atoms with Gasteiger partial charge in [0.25, 0.3) is 0 Å². The number of hydrogen-bond donors (Lipinski definition) is 2. The van der Waals surface area contributed by atoms with Crippen LogP contribution in [0, 0.1) is 5.82 Å².